The fraction of sp³-hybridized carbons (Fsp3) is 0.429. The van der Waals surface area contributed by atoms with E-state index in [2.05, 4.69) is 10.6 Å². The zero-order valence-corrected chi connectivity index (χ0v) is 13.2. The lowest BCUT2D eigenvalue weighted by Gasteiger charge is -2.18. The maximum absolute atomic E-state index is 11.7. The summed E-state index contributed by atoms with van der Waals surface area (Å²) in [4.78, 5) is 24.7. The molecule has 1 aromatic rings. The second-order valence-electron chi connectivity index (χ2n) is 4.54. The molecule has 0 aromatic heterocycles. The number of benzene rings is 1. The average Bonchev–Trinajstić information content (AvgIpc) is 2.38. The van der Waals surface area contributed by atoms with Crippen molar-refractivity contribution in [3.63, 3.8) is 0 Å². The molecular weight excluding hydrogens is 294 g/mol. The van der Waals surface area contributed by atoms with Crippen molar-refractivity contribution >= 4 is 23.5 Å². The fourth-order valence-electron chi connectivity index (χ4n) is 1.83. The van der Waals surface area contributed by atoms with Crippen molar-refractivity contribution in [3.8, 4) is 5.75 Å². The first-order valence-corrected chi connectivity index (χ1v) is 6.92. The quantitative estimate of drug-likeness (QED) is 0.837. The van der Waals surface area contributed by atoms with Gasteiger partial charge in [-0.25, -0.2) is 4.79 Å². The zero-order chi connectivity index (χ0) is 15.8. The maximum atomic E-state index is 11.7. The summed E-state index contributed by atoms with van der Waals surface area (Å²) in [5.41, 5.74) is 0.873. The monoisotopic (exact) mass is 313 g/mol. The lowest BCUT2D eigenvalue weighted by atomic mass is 10.2. The smallest absolute Gasteiger partial charge is 0.321 e. The van der Waals surface area contributed by atoms with E-state index >= 15 is 0 Å². The number of methoxy groups -OCH3 is 1. The van der Waals surface area contributed by atoms with E-state index in [9.17, 15) is 9.59 Å². The van der Waals surface area contributed by atoms with Gasteiger partial charge in [0.2, 0.25) is 5.91 Å². The molecule has 0 unspecified atom stereocenters. The summed E-state index contributed by atoms with van der Waals surface area (Å²) in [7, 11) is 3.35. The number of carbonyl (C=O) groups is 2. The maximum Gasteiger partial charge on any atom is 0.321 e. The van der Waals surface area contributed by atoms with E-state index < -0.39 is 6.03 Å². The SMILES string of the molecule is CCNC(=O)NC(=O)CN(C)Cc1cc(Cl)ccc1OC. The molecule has 0 saturated carbocycles. The Morgan fingerprint density at radius 1 is 1.38 bits per heavy atom. The van der Waals surface area contributed by atoms with Crippen LogP contribution < -0.4 is 15.4 Å². The Balaban J connectivity index is 2.57. The molecule has 1 aromatic carbocycles. The summed E-state index contributed by atoms with van der Waals surface area (Å²) in [6, 6.07) is 4.82. The van der Waals surface area contributed by atoms with Crippen molar-refractivity contribution in [2.75, 3.05) is 27.2 Å². The summed E-state index contributed by atoms with van der Waals surface area (Å²) < 4.78 is 5.25. The Morgan fingerprint density at radius 3 is 2.71 bits per heavy atom. The fourth-order valence-corrected chi connectivity index (χ4v) is 2.03. The Labute approximate surface area is 129 Å². The number of ether oxygens (including phenoxy) is 1. The summed E-state index contributed by atoms with van der Waals surface area (Å²) in [6.07, 6.45) is 0. The van der Waals surface area contributed by atoms with Crippen molar-refractivity contribution < 1.29 is 14.3 Å². The average molecular weight is 314 g/mol. The molecule has 0 bridgehead atoms. The topological polar surface area (TPSA) is 70.7 Å². The Kier molecular flexibility index (Phi) is 6.98. The first kappa shape index (κ1) is 17.3. The molecule has 1 rings (SSSR count). The van der Waals surface area contributed by atoms with Gasteiger partial charge in [-0.2, -0.15) is 0 Å². The number of hydrogen-bond donors (Lipinski definition) is 2. The first-order valence-electron chi connectivity index (χ1n) is 6.55. The highest BCUT2D eigenvalue weighted by atomic mass is 35.5. The van der Waals surface area contributed by atoms with Crippen LogP contribution in [0.1, 0.15) is 12.5 Å². The van der Waals surface area contributed by atoms with Crippen LogP contribution in [0.5, 0.6) is 5.75 Å². The molecule has 2 N–H and O–H groups in total. The van der Waals surface area contributed by atoms with Crippen LogP contribution in [-0.4, -0.2) is 44.1 Å². The Hall–Kier alpha value is -1.79. The predicted octanol–water partition coefficient (Wildman–Crippen LogP) is 1.63. The first-order chi connectivity index (χ1) is 9.96. The van der Waals surface area contributed by atoms with Gasteiger partial charge in [0.05, 0.1) is 13.7 Å². The minimum atomic E-state index is -0.490. The van der Waals surface area contributed by atoms with E-state index in [-0.39, 0.29) is 12.5 Å². The molecule has 0 aliphatic heterocycles. The van der Waals surface area contributed by atoms with E-state index in [4.69, 9.17) is 16.3 Å². The number of nitrogens with zero attached hydrogens (tertiary/aromatic N) is 1. The standard InChI is InChI=1S/C14H20ClN3O3/c1-4-16-14(20)17-13(19)9-18(2)8-10-7-11(15)5-6-12(10)21-3/h5-7H,4,8-9H2,1-3H3,(H2,16,17,19,20). The summed E-state index contributed by atoms with van der Waals surface area (Å²) in [5, 5.41) is 5.35. The van der Waals surface area contributed by atoms with Crippen molar-refractivity contribution in [3.05, 3.63) is 28.8 Å². The molecule has 0 aliphatic carbocycles. The van der Waals surface area contributed by atoms with Gasteiger partial charge < -0.3 is 10.1 Å². The number of urea groups is 1. The number of rotatable bonds is 6. The highest BCUT2D eigenvalue weighted by molar-refractivity contribution is 6.30. The molecule has 0 radical (unpaired) electrons. The van der Waals surface area contributed by atoms with E-state index in [1.54, 1.807) is 44.2 Å². The number of halogens is 1. The third kappa shape index (κ3) is 6.01. The summed E-state index contributed by atoms with van der Waals surface area (Å²) in [6.45, 7) is 2.82. The number of imide groups is 1. The largest absolute Gasteiger partial charge is 0.496 e. The third-order valence-electron chi connectivity index (χ3n) is 2.69. The van der Waals surface area contributed by atoms with Crippen molar-refractivity contribution in [2.45, 2.75) is 13.5 Å². The van der Waals surface area contributed by atoms with Gasteiger partial charge in [0.25, 0.3) is 0 Å². The highest BCUT2D eigenvalue weighted by Gasteiger charge is 2.12. The minimum absolute atomic E-state index is 0.0901. The van der Waals surface area contributed by atoms with E-state index in [0.29, 0.717) is 23.9 Å². The highest BCUT2D eigenvalue weighted by Crippen LogP contribution is 2.23. The van der Waals surface area contributed by atoms with Crippen molar-refractivity contribution in [1.82, 2.24) is 15.5 Å². The zero-order valence-electron chi connectivity index (χ0n) is 12.4. The molecule has 0 fully saturated rings. The molecule has 3 amide bonds. The molecule has 7 heteroatoms. The van der Waals surface area contributed by atoms with Crippen LogP contribution in [0.3, 0.4) is 0 Å². The predicted molar refractivity (Wildman–Crippen MR) is 81.6 cm³/mol. The molecule has 0 aliphatic rings. The lowest BCUT2D eigenvalue weighted by molar-refractivity contribution is -0.120. The van der Waals surface area contributed by atoms with Crippen LogP contribution in [0.15, 0.2) is 18.2 Å². The summed E-state index contributed by atoms with van der Waals surface area (Å²) in [5.74, 6) is 0.333. The van der Waals surface area contributed by atoms with Crippen LogP contribution in [0.4, 0.5) is 4.79 Å². The normalized spacial score (nSPS) is 10.3. The van der Waals surface area contributed by atoms with Gasteiger partial charge >= 0.3 is 6.03 Å². The molecule has 0 saturated heterocycles. The van der Waals surface area contributed by atoms with E-state index in [1.807, 2.05) is 0 Å². The Bertz CT molecular complexity index is 508. The molecule has 6 nitrogen and oxygen atoms in total. The number of nitrogens with one attached hydrogen (secondary N) is 2. The van der Waals surface area contributed by atoms with E-state index in [1.165, 1.54) is 0 Å². The van der Waals surface area contributed by atoms with Crippen LogP contribution in [-0.2, 0) is 11.3 Å². The summed E-state index contributed by atoms with van der Waals surface area (Å²) >= 11 is 5.96. The van der Waals surface area contributed by atoms with Crippen LogP contribution in [0.25, 0.3) is 0 Å². The van der Waals surface area contributed by atoms with Gasteiger partial charge in [0.1, 0.15) is 5.75 Å². The molecular formula is C14H20ClN3O3. The third-order valence-corrected chi connectivity index (χ3v) is 2.92. The second kappa shape index (κ2) is 8.49. The lowest BCUT2D eigenvalue weighted by Crippen LogP contribution is -2.43. The molecule has 0 heterocycles. The van der Waals surface area contributed by atoms with Gasteiger partial charge in [-0.1, -0.05) is 11.6 Å². The van der Waals surface area contributed by atoms with Crippen molar-refractivity contribution in [2.24, 2.45) is 0 Å². The number of likely N-dealkylation sites (N-methyl/N-ethyl adjacent to an activating group) is 1. The van der Waals surface area contributed by atoms with E-state index in [0.717, 1.165) is 5.56 Å². The van der Waals surface area contributed by atoms with Gasteiger partial charge in [-0.15, -0.1) is 0 Å². The van der Waals surface area contributed by atoms with Gasteiger partial charge in [0.15, 0.2) is 0 Å². The Morgan fingerprint density at radius 2 is 2.10 bits per heavy atom. The molecule has 116 valence electrons. The molecule has 0 atom stereocenters. The van der Waals surface area contributed by atoms with Crippen LogP contribution >= 0.6 is 11.6 Å². The van der Waals surface area contributed by atoms with Gasteiger partial charge in [-0.05, 0) is 32.2 Å². The second-order valence-corrected chi connectivity index (χ2v) is 4.97. The van der Waals surface area contributed by atoms with Gasteiger partial charge in [0, 0.05) is 23.7 Å². The van der Waals surface area contributed by atoms with Gasteiger partial charge in [-0.3, -0.25) is 15.0 Å². The molecule has 21 heavy (non-hydrogen) atoms. The van der Waals surface area contributed by atoms with Crippen LogP contribution in [0.2, 0.25) is 5.02 Å². The van der Waals surface area contributed by atoms with Crippen molar-refractivity contribution in [1.29, 1.82) is 0 Å². The number of hydrogen-bond acceptors (Lipinski definition) is 4. The number of carbonyl (C=O) groups excluding carboxylic acids is 2. The number of amides is 3. The van der Waals surface area contributed by atoms with Crippen LogP contribution in [0, 0.1) is 0 Å². The minimum Gasteiger partial charge on any atom is -0.496 e. The molecule has 0 spiro atoms.